The summed E-state index contributed by atoms with van der Waals surface area (Å²) in [7, 11) is -2.51. The number of ether oxygens (including phenoxy) is 2. The molecule has 1 saturated heterocycles. The Morgan fingerprint density at radius 2 is 1.96 bits per heavy atom. The summed E-state index contributed by atoms with van der Waals surface area (Å²) in [5.74, 6) is -0.374. The van der Waals surface area contributed by atoms with Crippen molar-refractivity contribution in [2.75, 3.05) is 13.2 Å². The predicted molar refractivity (Wildman–Crippen MR) is 107 cm³/mol. The smallest absolute Gasteiger partial charge is 0.395 e. The van der Waals surface area contributed by atoms with Gasteiger partial charge in [-0.05, 0) is 17.4 Å². The third kappa shape index (κ3) is 5.21. The van der Waals surface area contributed by atoms with Gasteiger partial charge in [-0.3, -0.25) is 4.52 Å². The Labute approximate surface area is 170 Å². The molecule has 1 aliphatic rings. The summed E-state index contributed by atoms with van der Waals surface area (Å²) in [6.07, 6.45) is 1.12. The third-order valence-corrected chi connectivity index (χ3v) is 5.62. The summed E-state index contributed by atoms with van der Waals surface area (Å²) in [4.78, 5) is 25.1. The molecule has 2 aromatic rings. The van der Waals surface area contributed by atoms with Crippen LogP contribution in [-0.4, -0.2) is 31.3 Å². The molecule has 0 spiro atoms. The van der Waals surface area contributed by atoms with Crippen LogP contribution >= 0.6 is 19.8 Å². The summed E-state index contributed by atoms with van der Waals surface area (Å²) < 4.78 is 20.5. The molecule has 150 valence electrons. The number of rotatable bonds is 6. The first-order chi connectivity index (χ1) is 13.5. The molecular weight excluding hydrogens is 401 g/mol. The summed E-state index contributed by atoms with van der Waals surface area (Å²) in [5.41, 5.74) is 0. The fourth-order valence-corrected chi connectivity index (χ4v) is 4.21. The van der Waals surface area contributed by atoms with E-state index in [2.05, 4.69) is 4.74 Å². The largest absolute Gasteiger partial charge is 0.575 e. The molecule has 1 heterocycles. The minimum Gasteiger partial charge on any atom is -0.575 e. The lowest BCUT2D eigenvalue weighted by atomic mass is 10.1. The van der Waals surface area contributed by atoms with Gasteiger partial charge in [0.25, 0.3) is 0 Å². The van der Waals surface area contributed by atoms with E-state index < -0.39 is 20.2 Å². The highest BCUT2D eigenvalue weighted by Gasteiger charge is 2.30. The van der Waals surface area contributed by atoms with Crippen molar-refractivity contribution >= 4 is 36.5 Å². The number of halogens is 1. The highest BCUT2D eigenvalue weighted by molar-refractivity contribution is 7.34. The lowest BCUT2D eigenvalue weighted by Crippen LogP contribution is -2.33. The Hall–Kier alpha value is -1.72. The zero-order valence-corrected chi connectivity index (χ0v) is 17.5. The summed E-state index contributed by atoms with van der Waals surface area (Å²) in [5, 5.41) is 1.98. The molecule has 28 heavy (non-hydrogen) atoms. The lowest BCUT2D eigenvalue weighted by molar-refractivity contribution is -0.170. The molecule has 2 aromatic carbocycles. The average molecular weight is 424 g/mol. The Balaban J connectivity index is 1.78. The highest BCUT2D eigenvalue weighted by Crippen LogP contribution is 2.38. The standard InChI is InChI=1S/C20H23ClNO5P/c1-13(2)18(20(23)26-15-9-11-25-12-10-15)22-28(24)27-19-16-6-4-3-5-14(16)7-8-17(19)21/h3-8,13,15,18H,9-12H2,1-2H3. The Morgan fingerprint density at radius 3 is 2.68 bits per heavy atom. The van der Waals surface area contributed by atoms with Crippen molar-refractivity contribution in [3.05, 3.63) is 41.4 Å². The molecule has 1 aliphatic heterocycles. The van der Waals surface area contributed by atoms with Gasteiger partial charge in [0.15, 0.2) is 6.04 Å². The maximum Gasteiger partial charge on any atom is 0.395 e. The van der Waals surface area contributed by atoms with Crippen LogP contribution in [0.2, 0.25) is 5.02 Å². The molecule has 0 bridgehead atoms. The number of hydrogen-bond donors (Lipinski definition) is 0. The SMILES string of the molecule is CC(C)C(N=[P+]([O-])Oc1c(Cl)ccc2ccccc12)C(=O)OC1CCOCC1. The Kier molecular flexibility index (Phi) is 7.24. The number of benzene rings is 2. The van der Waals surface area contributed by atoms with Gasteiger partial charge in [0.2, 0.25) is 5.75 Å². The van der Waals surface area contributed by atoms with E-state index in [1.54, 1.807) is 6.07 Å². The van der Waals surface area contributed by atoms with Crippen LogP contribution in [0, 0.1) is 5.92 Å². The van der Waals surface area contributed by atoms with Crippen molar-refractivity contribution in [3.63, 3.8) is 0 Å². The zero-order valence-electron chi connectivity index (χ0n) is 15.8. The lowest BCUT2D eigenvalue weighted by Gasteiger charge is -2.24. The molecule has 6 nitrogen and oxygen atoms in total. The monoisotopic (exact) mass is 423 g/mol. The second-order valence-corrected chi connectivity index (χ2v) is 8.28. The molecule has 2 atom stereocenters. The molecule has 0 aliphatic carbocycles. The van der Waals surface area contributed by atoms with Crippen molar-refractivity contribution in [3.8, 4) is 5.75 Å². The van der Waals surface area contributed by atoms with Gasteiger partial charge >= 0.3 is 14.1 Å². The first-order valence-corrected chi connectivity index (χ1v) is 10.8. The van der Waals surface area contributed by atoms with Gasteiger partial charge in [-0.25, -0.2) is 4.79 Å². The van der Waals surface area contributed by atoms with Crippen LogP contribution in [0.1, 0.15) is 26.7 Å². The van der Waals surface area contributed by atoms with Gasteiger partial charge in [-0.15, -0.1) is 0 Å². The quantitative estimate of drug-likeness (QED) is 0.505. The van der Waals surface area contributed by atoms with Crippen LogP contribution in [-0.2, 0) is 14.3 Å². The van der Waals surface area contributed by atoms with Gasteiger partial charge < -0.3 is 14.4 Å². The number of carbonyl (C=O) groups is 1. The molecular formula is C20H23ClNO5P. The molecule has 0 radical (unpaired) electrons. The van der Waals surface area contributed by atoms with E-state index in [-0.39, 0.29) is 12.0 Å². The van der Waals surface area contributed by atoms with Gasteiger partial charge in [-0.2, -0.15) is 0 Å². The van der Waals surface area contributed by atoms with Crippen LogP contribution in [0.4, 0.5) is 0 Å². The summed E-state index contributed by atoms with van der Waals surface area (Å²) >= 11 is 6.24. The molecule has 1 fully saturated rings. The van der Waals surface area contributed by atoms with E-state index in [0.29, 0.717) is 36.8 Å². The first-order valence-electron chi connectivity index (χ1n) is 9.27. The molecule has 0 amide bonds. The molecule has 8 heteroatoms. The van der Waals surface area contributed by atoms with Crippen LogP contribution < -0.4 is 9.42 Å². The van der Waals surface area contributed by atoms with E-state index in [4.69, 9.17) is 25.6 Å². The number of nitrogens with zero attached hydrogens (tertiary/aromatic N) is 1. The van der Waals surface area contributed by atoms with Gasteiger partial charge in [0, 0.05) is 18.2 Å². The van der Waals surface area contributed by atoms with Crippen molar-refractivity contribution in [2.45, 2.75) is 38.8 Å². The normalized spacial score (nSPS) is 17.0. The van der Waals surface area contributed by atoms with E-state index in [9.17, 15) is 9.69 Å². The minimum absolute atomic E-state index is 0.183. The average Bonchev–Trinajstić information content (AvgIpc) is 2.69. The van der Waals surface area contributed by atoms with E-state index in [0.717, 1.165) is 10.8 Å². The predicted octanol–water partition coefficient (Wildman–Crippen LogP) is 4.47. The molecule has 2 unspecified atom stereocenters. The molecule has 0 saturated carbocycles. The number of carbonyl (C=O) groups excluding carboxylic acids is 1. The maximum atomic E-state index is 12.6. The number of hydrogen-bond acceptors (Lipinski definition) is 6. The second-order valence-electron chi connectivity index (χ2n) is 6.98. The van der Waals surface area contributed by atoms with Crippen molar-refractivity contribution in [1.82, 2.24) is 0 Å². The van der Waals surface area contributed by atoms with Crippen molar-refractivity contribution in [1.29, 1.82) is 0 Å². The fraction of sp³-hybridized carbons (Fsp3) is 0.450. The summed E-state index contributed by atoms with van der Waals surface area (Å²) in [6, 6.07) is 10.1. The minimum atomic E-state index is -2.51. The van der Waals surface area contributed by atoms with Crippen molar-refractivity contribution in [2.24, 2.45) is 10.7 Å². The van der Waals surface area contributed by atoms with E-state index in [1.807, 2.05) is 44.2 Å². The Bertz CT molecular complexity index is 867. The van der Waals surface area contributed by atoms with Crippen LogP contribution in [0.5, 0.6) is 5.75 Å². The number of fused-ring (bicyclic) bond motifs is 1. The molecule has 0 aromatic heterocycles. The fourth-order valence-electron chi connectivity index (χ4n) is 2.99. The van der Waals surface area contributed by atoms with Gasteiger partial charge in [0.05, 0.1) is 18.2 Å². The highest BCUT2D eigenvalue weighted by atomic mass is 35.5. The van der Waals surface area contributed by atoms with Gasteiger partial charge in [-0.1, -0.05) is 60.5 Å². The van der Waals surface area contributed by atoms with Crippen LogP contribution in [0.3, 0.4) is 0 Å². The molecule has 0 N–H and O–H groups in total. The topological polar surface area (TPSA) is 80.2 Å². The van der Waals surface area contributed by atoms with Crippen LogP contribution in [0.25, 0.3) is 10.8 Å². The Morgan fingerprint density at radius 1 is 1.25 bits per heavy atom. The van der Waals surface area contributed by atoms with Gasteiger partial charge in [0.1, 0.15) is 6.10 Å². The van der Waals surface area contributed by atoms with Crippen molar-refractivity contribution < 1.29 is 23.7 Å². The molecule has 3 rings (SSSR count). The maximum absolute atomic E-state index is 12.6. The zero-order chi connectivity index (χ0) is 20.1. The third-order valence-electron chi connectivity index (χ3n) is 4.54. The van der Waals surface area contributed by atoms with E-state index in [1.165, 1.54) is 0 Å². The van der Waals surface area contributed by atoms with E-state index >= 15 is 0 Å². The second kappa shape index (κ2) is 9.66. The first kappa shape index (κ1) is 21.0. The summed E-state index contributed by atoms with van der Waals surface area (Å²) in [6.45, 7) is 4.79. The van der Waals surface area contributed by atoms with Crippen LogP contribution in [0.15, 0.2) is 41.1 Å². The number of esters is 1.